The van der Waals surface area contributed by atoms with Gasteiger partial charge in [0.05, 0.1) is 29.3 Å². The van der Waals surface area contributed by atoms with Gasteiger partial charge >= 0.3 is 5.88 Å². The largest absolute Gasteiger partial charge is 0.497 e. The van der Waals surface area contributed by atoms with Gasteiger partial charge in [-0.1, -0.05) is 0 Å². The molecule has 126 valence electrons. The first-order valence-corrected chi connectivity index (χ1v) is 7.83. The van der Waals surface area contributed by atoms with Gasteiger partial charge in [-0.2, -0.15) is 0 Å². The van der Waals surface area contributed by atoms with E-state index in [4.69, 9.17) is 9.15 Å². The predicted octanol–water partition coefficient (Wildman–Crippen LogP) is 3.18. The first-order chi connectivity index (χ1) is 11.6. The number of nitrogens with one attached hydrogen (secondary N) is 1. The van der Waals surface area contributed by atoms with Crippen molar-refractivity contribution in [1.29, 1.82) is 0 Å². The Morgan fingerprint density at radius 3 is 2.62 bits per heavy atom. The highest BCUT2D eigenvalue weighted by Gasteiger charge is 2.21. The first kappa shape index (κ1) is 16.0. The molecule has 1 amide bonds. The van der Waals surface area contributed by atoms with Crippen LogP contribution in [0.25, 0.3) is 0 Å². The predicted molar refractivity (Wildman–Crippen MR) is 90.3 cm³/mol. The average molecular weight is 330 g/mol. The van der Waals surface area contributed by atoms with Crippen LogP contribution in [0.5, 0.6) is 5.75 Å². The number of carbonyl (C=O) groups excluding carboxylic acids is 1. The van der Waals surface area contributed by atoms with Crippen LogP contribution in [-0.2, 0) is 0 Å². The molecule has 7 heteroatoms. The number of anilines is 2. The Morgan fingerprint density at radius 2 is 2.00 bits per heavy atom. The Bertz CT molecular complexity index is 763. The quantitative estimate of drug-likeness (QED) is 0.852. The maximum absolute atomic E-state index is 12.4. The van der Waals surface area contributed by atoms with Gasteiger partial charge < -0.3 is 19.4 Å². The van der Waals surface area contributed by atoms with Crippen molar-refractivity contribution in [3.63, 3.8) is 0 Å². The number of methoxy groups -OCH3 is 1. The van der Waals surface area contributed by atoms with Crippen molar-refractivity contribution in [1.82, 2.24) is 0 Å². The number of rotatable bonds is 5. The number of ether oxygens (including phenoxy) is 1. The van der Waals surface area contributed by atoms with Crippen molar-refractivity contribution in [3.05, 3.63) is 41.0 Å². The number of nitrogens with zero attached hydrogens (tertiary/aromatic N) is 2. The summed E-state index contributed by atoms with van der Waals surface area (Å²) in [7, 11) is 2.90. The first-order valence-electron chi connectivity index (χ1n) is 7.83. The molecular weight excluding hydrogens is 310 g/mol. The van der Waals surface area contributed by atoms with Crippen LogP contribution in [0, 0.1) is 4.91 Å². The topological polar surface area (TPSA) is 74.8 Å². The van der Waals surface area contributed by atoms with Gasteiger partial charge in [-0.05, 0) is 31.0 Å². The van der Waals surface area contributed by atoms with E-state index in [9.17, 15) is 9.70 Å². The summed E-state index contributed by atoms with van der Waals surface area (Å²) >= 11 is 0. The minimum atomic E-state index is -0.406. The molecular formula is C17H20N3O4+. The van der Waals surface area contributed by atoms with Crippen molar-refractivity contribution >= 4 is 23.2 Å². The monoisotopic (exact) mass is 330 g/mol. The smallest absolute Gasteiger partial charge is 0.421 e. The van der Waals surface area contributed by atoms with Crippen LogP contribution in [0.15, 0.2) is 34.7 Å². The lowest BCUT2D eigenvalue weighted by atomic mass is 10.2. The van der Waals surface area contributed by atoms with E-state index in [0.29, 0.717) is 16.2 Å². The lowest BCUT2D eigenvalue weighted by Gasteiger charge is -2.22. The Morgan fingerprint density at radius 1 is 1.25 bits per heavy atom. The Labute approximate surface area is 139 Å². The number of furan rings is 1. The van der Waals surface area contributed by atoms with E-state index in [0.717, 1.165) is 31.6 Å². The number of hydrogen-bond donors (Lipinski definition) is 1. The van der Waals surface area contributed by atoms with E-state index in [1.807, 2.05) is 12.1 Å². The Kier molecular flexibility index (Phi) is 4.50. The number of carbonyl (C=O) groups is 1. The van der Waals surface area contributed by atoms with Gasteiger partial charge in [0.25, 0.3) is 5.91 Å². The van der Waals surface area contributed by atoms with E-state index in [-0.39, 0.29) is 11.6 Å². The number of amides is 1. The molecule has 0 saturated carbocycles. The molecule has 1 aliphatic heterocycles. The normalized spacial score (nSPS) is 13.8. The van der Waals surface area contributed by atoms with Crippen LogP contribution >= 0.6 is 0 Å². The second kappa shape index (κ2) is 6.74. The zero-order valence-corrected chi connectivity index (χ0v) is 13.7. The summed E-state index contributed by atoms with van der Waals surface area (Å²) in [6, 6.07) is 8.55. The number of benzene rings is 1. The molecule has 1 aromatic carbocycles. The average Bonchev–Trinajstić information content (AvgIpc) is 3.26. The Balaban J connectivity index is 1.86. The van der Waals surface area contributed by atoms with E-state index in [1.54, 1.807) is 13.2 Å². The maximum Gasteiger partial charge on any atom is 0.421 e. The third kappa shape index (κ3) is 3.24. The third-order valence-corrected chi connectivity index (χ3v) is 4.02. The summed E-state index contributed by atoms with van der Waals surface area (Å²) in [4.78, 5) is 25.9. The van der Waals surface area contributed by atoms with E-state index in [1.165, 1.54) is 19.2 Å². The second-order valence-corrected chi connectivity index (χ2v) is 5.67. The van der Waals surface area contributed by atoms with Crippen molar-refractivity contribution in [2.75, 3.05) is 37.5 Å². The zero-order valence-electron chi connectivity index (χ0n) is 13.7. The molecule has 2 aromatic rings. The maximum atomic E-state index is 12.4. The molecule has 3 rings (SSSR count). The van der Waals surface area contributed by atoms with Crippen LogP contribution in [0.1, 0.15) is 23.4 Å². The lowest BCUT2D eigenvalue weighted by Crippen LogP contribution is -2.21. The minimum absolute atomic E-state index is 0.0860. The summed E-state index contributed by atoms with van der Waals surface area (Å²) in [5, 5.41) is 2.86. The molecule has 2 heterocycles. The molecule has 1 saturated heterocycles. The van der Waals surface area contributed by atoms with Crippen LogP contribution in [-0.4, -0.2) is 37.9 Å². The fourth-order valence-corrected chi connectivity index (χ4v) is 2.78. The third-order valence-electron chi connectivity index (χ3n) is 4.02. The minimum Gasteiger partial charge on any atom is -0.497 e. The molecule has 1 aliphatic rings. The summed E-state index contributed by atoms with van der Waals surface area (Å²) in [6.45, 7) is 1.92. The van der Waals surface area contributed by atoms with E-state index < -0.39 is 5.91 Å². The fourth-order valence-electron chi connectivity index (χ4n) is 2.78. The van der Waals surface area contributed by atoms with Crippen LogP contribution in [0.4, 0.5) is 17.3 Å². The van der Waals surface area contributed by atoms with Crippen LogP contribution in [0.2, 0.25) is 0 Å². The van der Waals surface area contributed by atoms with Crippen molar-refractivity contribution in [2.24, 2.45) is 0 Å². The molecule has 0 unspecified atom stereocenters. The highest BCUT2D eigenvalue weighted by Crippen LogP contribution is 2.33. The lowest BCUT2D eigenvalue weighted by molar-refractivity contribution is -0.444. The molecule has 1 N–H and O–H groups in total. The van der Waals surface area contributed by atoms with Gasteiger partial charge in [0.15, 0.2) is 12.8 Å². The second-order valence-electron chi connectivity index (χ2n) is 5.67. The molecule has 0 spiro atoms. The van der Waals surface area contributed by atoms with Gasteiger partial charge in [-0.25, -0.2) is 0 Å². The van der Waals surface area contributed by atoms with Crippen LogP contribution in [0.3, 0.4) is 0 Å². The molecule has 1 fully saturated rings. The van der Waals surface area contributed by atoms with Gasteiger partial charge in [-0.3, -0.25) is 4.79 Å². The molecule has 0 bridgehead atoms. The fraction of sp³-hybridized carbons (Fsp3) is 0.353. The standard InChI is InChI=1S/C17H19N3O4/c1-19(22)16-8-7-15(24-16)17(21)18-13-11-12(23-2)5-6-14(13)20-9-3-4-10-20/h5-8,11H,3-4,9-10H2,1-2H3/p+1. The number of hydrogen-bond acceptors (Lipinski definition) is 5. The molecule has 0 radical (unpaired) electrons. The zero-order chi connectivity index (χ0) is 17.1. The van der Waals surface area contributed by atoms with Gasteiger partial charge in [-0.15, -0.1) is 0 Å². The molecule has 24 heavy (non-hydrogen) atoms. The van der Waals surface area contributed by atoms with Gasteiger partial charge in [0.2, 0.25) is 0 Å². The summed E-state index contributed by atoms with van der Waals surface area (Å²) in [5.74, 6) is 0.429. The summed E-state index contributed by atoms with van der Waals surface area (Å²) < 4.78 is 11.1. The highest BCUT2D eigenvalue weighted by molar-refractivity contribution is 6.04. The molecule has 1 aromatic heterocycles. The van der Waals surface area contributed by atoms with E-state index in [2.05, 4.69) is 10.2 Å². The SMILES string of the molecule is COc1ccc(N2CCCC2)c(NC(=O)c2ccc([N+](C)=O)o2)c1. The Hall–Kier alpha value is -2.83. The molecule has 7 nitrogen and oxygen atoms in total. The molecule has 0 aliphatic carbocycles. The molecule has 0 atom stereocenters. The summed E-state index contributed by atoms with van der Waals surface area (Å²) in [6.07, 6.45) is 2.27. The highest BCUT2D eigenvalue weighted by atomic mass is 16.5. The van der Waals surface area contributed by atoms with Crippen molar-refractivity contribution in [2.45, 2.75) is 12.8 Å². The number of nitroso groups, excluding NO2 is 1. The van der Waals surface area contributed by atoms with Gasteiger partial charge in [0, 0.05) is 24.1 Å². The van der Waals surface area contributed by atoms with Crippen LogP contribution < -0.4 is 15.0 Å². The summed E-state index contributed by atoms with van der Waals surface area (Å²) in [5.41, 5.74) is 1.61. The van der Waals surface area contributed by atoms with Crippen molar-refractivity contribution in [3.8, 4) is 5.75 Å². The van der Waals surface area contributed by atoms with Crippen molar-refractivity contribution < 1.29 is 18.7 Å². The van der Waals surface area contributed by atoms with E-state index >= 15 is 0 Å². The van der Waals surface area contributed by atoms with Gasteiger partial charge in [0.1, 0.15) is 5.75 Å².